The number of nitrogens with zero attached hydrogens (tertiary/aromatic N) is 1. The second kappa shape index (κ2) is 4.34. The van der Waals surface area contributed by atoms with Crippen molar-refractivity contribution in [1.82, 2.24) is 10.2 Å². The van der Waals surface area contributed by atoms with Gasteiger partial charge in [-0.2, -0.15) is 0 Å². The van der Waals surface area contributed by atoms with Crippen molar-refractivity contribution in [2.24, 2.45) is 5.92 Å². The Bertz CT molecular complexity index is 411. The van der Waals surface area contributed by atoms with Gasteiger partial charge in [0, 0.05) is 35.8 Å². The first-order chi connectivity index (χ1) is 7.86. The zero-order valence-electron chi connectivity index (χ0n) is 9.40. The van der Waals surface area contributed by atoms with E-state index in [1.54, 1.807) is 0 Å². The molecule has 1 N–H and O–H groups in total. The van der Waals surface area contributed by atoms with Crippen LogP contribution >= 0.6 is 23.1 Å². The van der Waals surface area contributed by atoms with Crippen LogP contribution in [0.25, 0.3) is 0 Å². The van der Waals surface area contributed by atoms with Gasteiger partial charge in [0.05, 0.1) is 10.8 Å². The van der Waals surface area contributed by atoms with Gasteiger partial charge >= 0.3 is 0 Å². The van der Waals surface area contributed by atoms with E-state index in [2.05, 4.69) is 34.8 Å². The van der Waals surface area contributed by atoms with Crippen LogP contribution in [-0.2, 0) is 6.54 Å². The summed E-state index contributed by atoms with van der Waals surface area (Å²) in [5.74, 6) is 0.778. The molecule has 0 bridgehead atoms. The Kier molecular flexibility index (Phi) is 2.86. The maximum atomic E-state index is 3.35. The number of likely N-dealkylation sites (tertiary alicyclic amines) is 1. The second-order valence-electron chi connectivity index (χ2n) is 4.31. The molecule has 86 valence electrons. The van der Waals surface area contributed by atoms with E-state index in [4.69, 9.17) is 0 Å². The summed E-state index contributed by atoms with van der Waals surface area (Å²) in [5, 5.41) is 3.35. The summed E-state index contributed by atoms with van der Waals surface area (Å²) >= 11 is 3.77. The van der Waals surface area contributed by atoms with Crippen LogP contribution in [0, 0.1) is 5.92 Å². The van der Waals surface area contributed by atoms with Gasteiger partial charge in [-0.25, -0.2) is 0 Å². The third-order valence-electron chi connectivity index (χ3n) is 3.33. The molecule has 0 spiro atoms. The summed E-state index contributed by atoms with van der Waals surface area (Å²) in [6, 6.07) is 4.51. The van der Waals surface area contributed by atoms with Gasteiger partial charge < -0.3 is 10.2 Å². The number of hydrogen-bond acceptors (Lipinski definition) is 4. The summed E-state index contributed by atoms with van der Waals surface area (Å²) < 4.78 is 1.42. The molecule has 0 radical (unpaired) electrons. The van der Waals surface area contributed by atoms with Gasteiger partial charge in [0.25, 0.3) is 0 Å². The van der Waals surface area contributed by atoms with Gasteiger partial charge in [0.1, 0.15) is 0 Å². The fourth-order valence-electron chi connectivity index (χ4n) is 2.48. The molecule has 3 rings (SSSR count). The average molecular weight is 252 g/mol. The van der Waals surface area contributed by atoms with Gasteiger partial charge in [0.2, 0.25) is 0 Å². The molecule has 1 aromatic heterocycles. The molecule has 2 aliphatic heterocycles. The normalized spacial score (nSPS) is 23.2. The molecule has 1 atom stereocenters. The molecular weight excluding hydrogens is 236 g/mol. The highest BCUT2D eigenvalue weighted by atomic mass is 32.2. The number of hydrogen-bond donors (Lipinski definition) is 1. The molecule has 16 heavy (non-hydrogen) atoms. The van der Waals surface area contributed by atoms with Crippen LogP contribution in [0.4, 0.5) is 0 Å². The number of thiophene rings is 1. The third kappa shape index (κ3) is 1.84. The molecule has 0 amide bonds. The Labute approximate surface area is 105 Å². The predicted molar refractivity (Wildman–Crippen MR) is 70.7 cm³/mol. The molecule has 1 aromatic rings. The number of thioether (sulfide) groups is 1. The SMILES string of the molecule is CSc1ccc(CN2CCC3CNC=C32)s1. The van der Waals surface area contributed by atoms with Gasteiger partial charge in [0.15, 0.2) is 0 Å². The maximum Gasteiger partial charge on any atom is 0.0599 e. The van der Waals surface area contributed by atoms with Crippen molar-refractivity contribution >= 4 is 23.1 Å². The monoisotopic (exact) mass is 252 g/mol. The van der Waals surface area contributed by atoms with Crippen LogP contribution in [0.2, 0.25) is 0 Å². The smallest absolute Gasteiger partial charge is 0.0599 e. The summed E-state index contributed by atoms with van der Waals surface area (Å²) in [6.07, 6.45) is 5.67. The molecule has 1 saturated heterocycles. The van der Waals surface area contributed by atoms with Crippen LogP contribution in [0.5, 0.6) is 0 Å². The fourth-order valence-corrected chi connectivity index (χ4v) is 4.09. The van der Waals surface area contributed by atoms with Gasteiger partial charge in [-0.3, -0.25) is 0 Å². The van der Waals surface area contributed by atoms with Crippen LogP contribution in [0.15, 0.2) is 28.2 Å². The molecule has 1 fully saturated rings. The predicted octanol–water partition coefficient (Wildman–Crippen LogP) is 2.74. The lowest BCUT2D eigenvalue weighted by Crippen LogP contribution is -2.16. The average Bonchev–Trinajstić information content (AvgIpc) is 2.97. The minimum absolute atomic E-state index is 0.778. The molecule has 3 heterocycles. The van der Waals surface area contributed by atoms with E-state index >= 15 is 0 Å². The van der Waals surface area contributed by atoms with Crippen molar-refractivity contribution in [3.05, 3.63) is 28.9 Å². The van der Waals surface area contributed by atoms with Crippen LogP contribution in [0.1, 0.15) is 11.3 Å². The van der Waals surface area contributed by atoms with Crippen molar-refractivity contribution in [2.45, 2.75) is 17.2 Å². The second-order valence-corrected chi connectivity index (χ2v) is 6.58. The lowest BCUT2D eigenvalue weighted by molar-refractivity contribution is 0.388. The van der Waals surface area contributed by atoms with Crippen LogP contribution in [-0.4, -0.2) is 24.2 Å². The molecular formula is C12H16N2S2. The fraction of sp³-hybridized carbons (Fsp3) is 0.500. The third-order valence-corrected chi connectivity index (χ3v) is 5.48. The quantitative estimate of drug-likeness (QED) is 0.833. The highest BCUT2D eigenvalue weighted by molar-refractivity contribution is 8.00. The van der Waals surface area contributed by atoms with E-state index in [0.717, 1.165) is 19.0 Å². The van der Waals surface area contributed by atoms with E-state index in [0.29, 0.717) is 0 Å². The standard InChI is InChI=1S/C12H16N2S2/c1-15-12-3-2-10(16-12)8-14-5-4-9-6-13-7-11(9)14/h2-3,7,9,13H,4-6,8H2,1H3. The number of rotatable bonds is 3. The zero-order valence-corrected chi connectivity index (χ0v) is 11.0. The van der Waals surface area contributed by atoms with Crippen molar-refractivity contribution in [3.63, 3.8) is 0 Å². The van der Waals surface area contributed by atoms with Crippen molar-refractivity contribution in [2.75, 3.05) is 19.3 Å². The van der Waals surface area contributed by atoms with E-state index in [9.17, 15) is 0 Å². The molecule has 2 aliphatic rings. The minimum Gasteiger partial charge on any atom is -0.389 e. The maximum absolute atomic E-state index is 3.35. The van der Waals surface area contributed by atoms with Gasteiger partial charge in [-0.05, 0) is 24.8 Å². The van der Waals surface area contributed by atoms with E-state index in [1.807, 2.05) is 23.1 Å². The molecule has 0 aromatic carbocycles. The summed E-state index contributed by atoms with van der Waals surface area (Å²) in [4.78, 5) is 4.01. The summed E-state index contributed by atoms with van der Waals surface area (Å²) in [5.41, 5.74) is 1.53. The molecule has 0 saturated carbocycles. The number of fused-ring (bicyclic) bond motifs is 1. The Balaban J connectivity index is 1.70. The highest BCUT2D eigenvalue weighted by Crippen LogP contribution is 2.33. The molecule has 0 aliphatic carbocycles. The van der Waals surface area contributed by atoms with Crippen LogP contribution < -0.4 is 5.32 Å². The topological polar surface area (TPSA) is 15.3 Å². The minimum atomic E-state index is 0.778. The number of nitrogens with one attached hydrogen (secondary N) is 1. The Morgan fingerprint density at radius 3 is 3.31 bits per heavy atom. The zero-order chi connectivity index (χ0) is 11.0. The van der Waals surface area contributed by atoms with Gasteiger partial charge in [-0.1, -0.05) is 0 Å². The van der Waals surface area contributed by atoms with Crippen molar-refractivity contribution < 1.29 is 0 Å². The van der Waals surface area contributed by atoms with E-state index in [1.165, 1.54) is 27.7 Å². The Morgan fingerprint density at radius 2 is 2.50 bits per heavy atom. The first kappa shape index (κ1) is 10.5. The van der Waals surface area contributed by atoms with Crippen molar-refractivity contribution in [1.29, 1.82) is 0 Å². The first-order valence-corrected chi connectivity index (χ1v) is 7.72. The lowest BCUT2D eigenvalue weighted by atomic mass is 10.1. The Hall–Kier alpha value is -0.610. The molecule has 1 unspecified atom stereocenters. The van der Waals surface area contributed by atoms with E-state index < -0.39 is 0 Å². The lowest BCUT2D eigenvalue weighted by Gasteiger charge is -2.18. The summed E-state index contributed by atoms with van der Waals surface area (Å²) in [7, 11) is 0. The molecule has 4 heteroatoms. The largest absolute Gasteiger partial charge is 0.389 e. The first-order valence-electron chi connectivity index (χ1n) is 5.68. The van der Waals surface area contributed by atoms with Gasteiger partial charge in [-0.15, -0.1) is 23.1 Å². The Morgan fingerprint density at radius 1 is 1.56 bits per heavy atom. The van der Waals surface area contributed by atoms with E-state index in [-0.39, 0.29) is 0 Å². The van der Waals surface area contributed by atoms with Crippen LogP contribution in [0.3, 0.4) is 0 Å². The van der Waals surface area contributed by atoms with Crippen molar-refractivity contribution in [3.8, 4) is 0 Å². The summed E-state index contributed by atoms with van der Waals surface area (Å²) in [6.45, 7) is 3.46. The highest BCUT2D eigenvalue weighted by Gasteiger charge is 2.30. The molecule has 2 nitrogen and oxygen atoms in total.